The minimum Gasteiger partial charge on any atom is -0.375 e. The largest absolute Gasteiger partial charge is 0.375 e. The van der Waals surface area contributed by atoms with E-state index in [2.05, 4.69) is 218 Å². The summed E-state index contributed by atoms with van der Waals surface area (Å²) in [6.07, 6.45) is 0. The average molecular weight is 869 g/mol. The molecule has 10 aromatic rings. The lowest BCUT2D eigenvalue weighted by Crippen LogP contribution is -2.57. The predicted octanol–water partition coefficient (Wildman–Crippen LogP) is 15.8. The Morgan fingerprint density at radius 3 is 1.85 bits per heavy atom. The van der Waals surface area contributed by atoms with E-state index in [1.165, 1.54) is 137 Å². The summed E-state index contributed by atoms with van der Waals surface area (Å²) < 4.78 is 5.45. The lowest BCUT2D eigenvalue weighted by molar-refractivity contribution is 0.590. The first-order valence-corrected chi connectivity index (χ1v) is 24.8. The summed E-state index contributed by atoms with van der Waals surface area (Å²) in [6, 6.07) is 55.1. The van der Waals surface area contributed by atoms with E-state index in [-0.39, 0.29) is 28.5 Å². The van der Waals surface area contributed by atoms with Crippen LogP contribution in [0.2, 0.25) is 0 Å². The maximum atomic E-state index is 2.78. The standard InChI is InChI=1S/C62H53BN2S/c1-59(2,3)34-23-26-51-42(27-34)44-28-35(60(4,5)6)29-45-43-32-54-55(39-19-13-16-22-53(39)66-54)58-56(43)63(65(51)57(44)45)50-33-49-41(38-18-12-15-21-47(38)62(49,9)10)31-52(50)64(58)36-24-25-48-40(30-36)37-17-11-14-20-46(37)61(48,7)8/h11-33H,1-10H3. The number of nitrogens with zero attached hydrogens (tertiary/aromatic N) is 2. The van der Waals surface area contributed by atoms with Gasteiger partial charge in [-0.1, -0.05) is 154 Å². The molecule has 0 unspecified atom stereocenters. The molecule has 2 aliphatic heterocycles. The van der Waals surface area contributed by atoms with E-state index in [4.69, 9.17) is 0 Å². The van der Waals surface area contributed by atoms with Gasteiger partial charge in [0.25, 0.3) is 0 Å². The molecular formula is C62H53BN2S. The second-order valence-electron chi connectivity index (χ2n) is 22.9. The van der Waals surface area contributed by atoms with Crippen LogP contribution in [0.15, 0.2) is 140 Å². The summed E-state index contributed by atoms with van der Waals surface area (Å²) in [5, 5.41) is 5.39. The molecule has 4 heterocycles. The third kappa shape index (κ3) is 4.78. The summed E-state index contributed by atoms with van der Waals surface area (Å²) in [6.45, 7) is 23.8. The first-order valence-electron chi connectivity index (χ1n) is 24.0. The number of benzene rings is 8. The van der Waals surface area contributed by atoms with E-state index in [1.807, 2.05) is 11.3 Å². The molecule has 0 bridgehead atoms. The van der Waals surface area contributed by atoms with Crippen molar-refractivity contribution in [2.45, 2.75) is 90.9 Å². The van der Waals surface area contributed by atoms with Crippen LogP contribution in [-0.4, -0.2) is 11.3 Å². The normalized spacial score (nSPS) is 15.9. The summed E-state index contributed by atoms with van der Waals surface area (Å²) in [4.78, 5) is 2.72. The Labute approximate surface area is 392 Å². The molecule has 4 heteroatoms. The molecule has 4 aliphatic rings. The molecule has 8 aromatic carbocycles. The maximum Gasteiger partial charge on any atom is 0.333 e. The average Bonchev–Trinajstić information content (AvgIpc) is 3.97. The van der Waals surface area contributed by atoms with Gasteiger partial charge in [-0.3, -0.25) is 0 Å². The Balaban J connectivity index is 1.19. The van der Waals surface area contributed by atoms with Crippen LogP contribution >= 0.6 is 11.3 Å². The number of anilines is 3. The zero-order chi connectivity index (χ0) is 45.1. The molecule has 0 N–H and O–H groups in total. The molecule has 0 fully saturated rings. The highest BCUT2D eigenvalue weighted by Gasteiger charge is 2.47. The van der Waals surface area contributed by atoms with Gasteiger partial charge in [-0.15, -0.1) is 11.3 Å². The fraction of sp³-hybridized carbons (Fsp3) is 0.226. The molecule has 0 radical (unpaired) electrons. The number of fused-ring (bicyclic) bond motifs is 17. The lowest BCUT2D eigenvalue weighted by atomic mass is 9.44. The summed E-state index contributed by atoms with van der Waals surface area (Å²) in [7, 11) is 0. The van der Waals surface area contributed by atoms with Gasteiger partial charge in [-0.05, 0) is 138 Å². The summed E-state index contributed by atoms with van der Waals surface area (Å²) >= 11 is 1.95. The highest BCUT2D eigenvalue weighted by Crippen LogP contribution is 2.57. The Bertz CT molecular complexity index is 3860. The Morgan fingerprint density at radius 1 is 0.485 bits per heavy atom. The van der Waals surface area contributed by atoms with E-state index in [1.54, 1.807) is 0 Å². The second kappa shape index (κ2) is 12.3. The van der Waals surface area contributed by atoms with Crippen LogP contribution in [0.25, 0.3) is 75.4 Å². The molecule has 2 aliphatic carbocycles. The fourth-order valence-corrected chi connectivity index (χ4v) is 14.1. The van der Waals surface area contributed by atoms with Crippen molar-refractivity contribution < 1.29 is 0 Å². The number of hydrogen-bond acceptors (Lipinski definition) is 2. The fourth-order valence-electron chi connectivity index (χ4n) is 13.0. The minimum atomic E-state index is -0.158. The highest BCUT2D eigenvalue weighted by molar-refractivity contribution is 7.26. The lowest BCUT2D eigenvalue weighted by Gasteiger charge is -2.42. The number of aromatic nitrogens is 1. The van der Waals surface area contributed by atoms with E-state index in [0.717, 1.165) is 0 Å². The van der Waals surface area contributed by atoms with Crippen LogP contribution in [0.3, 0.4) is 0 Å². The van der Waals surface area contributed by atoms with Crippen LogP contribution in [-0.2, 0) is 21.7 Å². The minimum absolute atomic E-state index is 0.0134. The monoisotopic (exact) mass is 868 g/mol. The summed E-state index contributed by atoms with van der Waals surface area (Å²) in [5.74, 6) is 0. The van der Waals surface area contributed by atoms with Gasteiger partial charge in [-0.2, -0.15) is 0 Å². The molecule has 0 saturated heterocycles. The molecule has 14 rings (SSSR count). The topological polar surface area (TPSA) is 8.17 Å². The van der Waals surface area contributed by atoms with Crippen molar-refractivity contribution in [3.63, 3.8) is 0 Å². The van der Waals surface area contributed by atoms with Crippen LogP contribution < -0.4 is 15.8 Å². The Morgan fingerprint density at radius 2 is 1.12 bits per heavy atom. The van der Waals surface area contributed by atoms with Crippen molar-refractivity contribution in [1.29, 1.82) is 0 Å². The van der Waals surface area contributed by atoms with E-state index in [0.29, 0.717) is 0 Å². The molecule has 0 spiro atoms. The molecular weight excluding hydrogens is 816 g/mol. The van der Waals surface area contributed by atoms with Crippen molar-refractivity contribution in [1.82, 2.24) is 4.48 Å². The van der Waals surface area contributed by atoms with Crippen LogP contribution in [0, 0.1) is 0 Å². The van der Waals surface area contributed by atoms with Crippen molar-refractivity contribution in [3.8, 4) is 33.4 Å². The van der Waals surface area contributed by atoms with Crippen molar-refractivity contribution >= 4 is 88.2 Å². The van der Waals surface area contributed by atoms with Gasteiger partial charge in [-0.25, -0.2) is 0 Å². The highest BCUT2D eigenvalue weighted by atomic mass is 32.1. The zero-order valence-corrected chi connectivity index (χ0v) is 40.5. The predicted molar refractivity (Wildman–Crippen MR) is 285 cm³/mol. The second-order valence-corrected chi connectivity index (χ2v) is 24.0. The molecule has 0 amide bonds. The van der Waals surface area contributed by atoms with Gasteiger partial charge in [0, 0.05) is 69.7 Å². The van der Waals surface area contributed by atoms with Crippen molar-refractivity contribution in [3.05, 3.63) is 173 Å². The third-order valence-electron chi connectivity index (χ3n) is 16.4. The third-order valence-corrected chi connectivity index (χ3v) is 17.6. The van der Waals surface area contributed by atoms with Gasteiger partial charge in [0.15, 0.2) is 0 Å². The van der Waals surface area contributed by atoms with Gasteiger partial charge in [0.2, 0.25) is 0 Å². The maximum absolute atomic E-state index is 2.78. The van der Waals surface area contributed by atoms with Crippen molar-refractivity contribution in [2.24, 2.45) is 0 Å². The van der Waals surface area contributed by atoms with Gasteiger partial charge < -0.3 is 9.38 Å². The molecule has 66 heavy (non-hydrogen) atoms. The zero-order valence-electron chi connectivity index (χ0n) is 39.7. The molecule has 2 aromatic heterocycles. The smallest absolute Gasteiger partial charge is 0.333 e. The van der Waals surface area contributed by atoms with Gasteiger partial charge in [0.1, 0.15) is 0 Å². The van der Waals surface area contributed by atoms with E-state index >= 15 is 0 Å². The number of rotatable bonds is 1. The molecule has 320 valence electrons. The molecule has 0 atom stereocenters. The van der Waals surface area contributed by atoms with E-state index in [9.17, 15) is 0 Å². The SMILES string of the molecule is CC(C)(C)c1ccc2c(c1)c1cc(C(C)(C)C)cc3c1n2B1c2cc4c(cc2N(c2ccc5c(c2)-c2ccccc2C5(C)C)c2c1c-3cc1sc3ccccc3c21)-c1ccccc1C4(C)C. The molecule has 0 saturated carbocycles. The van der Waals surface area contributed by atoms with Gasteiger partial charge in [0.05, 0.1) is 5.69 Å². The molecule has 2 nitrogen and oxygen atoms in total. The number of hydrogen-bond donors (Lipinski definition) is 0. The first-order chi connectivity index (χ1) is 31.5. The Kier molecular flexibility index (Phi) is 7.27. The summed E-state index contributed by atoms with van der Waals surface area (Å²) in [5.41, 5.74) is 25.4. The van der Waals surface area contributed by atoms with Crippen LogP contribution in [0.5, 0.6) is 0 Å². The van der Waals surface area contributed by atoms with E-state index < -0.39 is 0 Å². The van der Waals surface area contributed by atoms with Crippen LogP contribution in [0.4, 0.5) is 17.1 Å². The van der Waals surface area contributed by atoms with Crippen molar-refractivity contribution in [2.75, 3.05) is 4.90 Å². The quantitative estimate of drug-likeness (QED) is 0.149. The first kappa shape index (κ1) is 38.9. The van der Waals surface area contributed by atoms with Gasteiger partial charge >= 0.3 is 6.85 Å². The number of thiophene rings is 1. The Hall–Kier alpha value is -6.36. The van der Waals surface area contributed by atoms with Crippen LogP contribution in [0.1, 0.15) is 103 Å².